The lowest BCUT2D eigenvalue weighted by atomic mass is 10.1. The molecule has 3 rings (SSSR count). The van der Waals surface area contributed by atoms with Gasteiger partial charge in [-0.3, -0.25) is 0 Å². The van der Waals surface area contributed by atoms with Gasteiger partial charge in [0.25, 0.3) is 0 Å². The molecule has 1 aromatic heterocycles. The Kier molecular flexibility index (Phi) is 11.5. The van der Waals surface area contributed by atoms with Gasteiger partial charge in [0.1, 0.15) is 0 Å². The van der Waals surface area contributed by atoms with Crippen LogP contribution < -0.4 is 10.4 Å². The molecule has 1 heteroatoms. The molecule has 22 heavy (non-hydrogen) atoms. The second-order valence-corrected chi connectivity index (χ2v) is 5.84. The zero-order chi connectivity index (χ0) is 17.0. The van der Waals surface area contributed by atoms with Crippen LogP contribution in [0.1, 0.15) is 59.3 Å². The molecular formula is C21H32S. The molecule has 0 saturated heterocycles. The molecule has 0 aliphatic heterocycles. The Morgan fingerprint density at radius 3 is 2.32 bits per heavy atom. The summed E-state index contributed by atoms with van der Waals surface area (Å²) in [5.74, 6) is 0. The van der Waals surface area contributed by atoms with Gasteiger partial charge in [0.2, 0.25) is 0 Å². The topological polar surface area (TPSA) is 0 Å². The average molecular weight is 317 g/mol. The summed E-state index contributed by atoms with van der Waals surface area (Å²) in [6, 6.07) is 6.73. The summed E-state index contributed by atoms with van der Waals surface area (Å²) in [4.78, 5) is 1.39. The molecule has 0 fully saturated rings. The maximum absolute atomic E-state index is 2.30. The minimum Gasteiger partial charge on any atom is -0.140 e. The maximum Gasteiger partial charge on any atom is 0.0423 e. The molecule has 0 saturated carbocycles. The van der Waals surface area contributed by atoms with Gasteiger partial charge in [0.15, 0.2) is 0 Å². The van der Waals surface area contributed by atoms with Crippen LogP contribution in [0.4, 0.5) is 0 Å². The molecule has 1 heterocycles. The van der Waals surface area contributed by atoms with Crippen LogP contribution in [0.2, 0.25) is 0 Å². The Hall–Kier alpha value is -1.34. The van der Waals surface area contributed by atoms with E-state index in [1.807, 2.05) is 39.0 Å². The lowest BCUT2D eigenvalue weighted by Crippen LogP contribution is -2.23. The maximum atomic E-state index is 2.30. The zero-order valence-corrected chi connectivity index (χ0v) is 16.2. The van der Waals surface area contributed by atoms with Gasteiger partial charge in [-0.15, -0.1) is 11.3 Å². The predicted molar refractivity (Wildman–Crippen MR) is 107 cm³/mol. The average Bonchev–Trinajstić information content (AvgIpc) is 2.78. The van der Waals surface area contributed by atoms with Crippen molar-refractivity contribution >= 4 is 33.6 Å². The number of thiophene rings is 1. The monoisotopic (exact) mass is 316 g/mol. The molecule has 1 aliphatic carbocycles. The SMILES string of the molecule is CC.CC.CCC.Cc1cc2ccc3c(c2s1)=CC=CCC=3. The number of benzene rings is 1. The highest BCUT2D eigenvalue weighted by atomic mass is 32.1. The number of aryl methyl sites for hydroxylation is 1. The third kappa shape index (κ3) is 5.81. The largest absolute Gasteiger partial charge is 0.140 e. The van der Waals surface area contributed by atoms with Gasteiger partial charge in [0.05, 0.1) is 0 Å². The third-order valence-electron chi connectivity index (χ3n) is 2.75. The van der Waals surface area contributed by atoms with Crippen molar-refractivity contribution in [1.29, 1.82) is 0 Å². The van der Waals surface area contributed by atoms with E-state index in [0.29, 0.717) is 0 Å². The van der Waals surface area contributed by atoms with Gasteiger partial charge >= 0.3 is 0 Å². The zero-order valence-electron chi connectivity index (χ0n) is 15.4. The van der Waals surface area contributed by atoms with E-state index in [9.17, 15) is 0 Å². The van der Waals surface area contributed by atoms with Crippen molar-refractivity contribution in [1.82, 2.24) is 0 Å². The fourth-order valence-corrected chi connectivity index (χ4v) is 3.10. The molecule has 0 unspecified atom stereocenters. The van der Waals surface area contributed by atoms with Crippen LogP contribution in [0.25, 0.3) is 22.2 Å². The highest BCUT2D eigenvalue weighted by molar-refractivity contribution is 7.19. The molecule has 0 spiro atoms. The Labute approximate surface area is 140 Å². The van der Waals surface area contributed by atoms with Crippen LogP contribution >= 0.6 is 11.3 Å². The van der Waals surface area contributed by atoms with E-state index in [-0.39, 0.29) is 0 Å². The van der Waals surface area contributed by atoms with Crippen molar-refractivity contribution < 1.29 is 0 Å². The van der Waals surface area contributed by atoms with Crippen molar-refractivity contribution in [3.63, 3.8) is 0 Å². The summed E-state index contributed by atoms with van der Waals surface area (Å²) in [6.07, 6.45) is 11.2. The molecule has 0 atom stereocenters. The van der Waals surface area contributed by atoms with Crippen molar-refractivity contribution in [2.45, 2.75) is 61.3 Å². The summed E-state index contributed by atoms with van der Waals surface area (Å²) in [7, 11) is 0. The second kappa shape index (κ2) is 12.2. The minimum absolute atomic E-state index is 1.04. The highest BCUT2D eigenvalue weighted by Crippen LogP contribution is 2.20. The van der Waals surface area contributed by atoms with E-state index in [1.165, 1.54) is 31.8 Å². The first kappa shape index (κ1) is 20.7. The standard InChI is InChI=1S/C14H12S.C3H8.2C2H6/c1-10-9-12-8-7-11-5-3-2-4-6-13(11)14(12)15-10;1-3-2;2*1-2/h2,4-9H,3H2,1H3;3H2,1-2H3;2*1-2H3. The van der Waals surface area contributed by atoms with E-state index >= 15 is 0 Å². The molecule has 0 N–H and O–H groups in total. The molecule has 1 aliphatic rings. The number of fused-ring (bicyclic) bond motifs is 3. The molecule has 0 amide bonds. The molecule has 2 aromatic rings. The lowest BCUT2D eigenvalue weighted by molar-refractivity contribution is 1.09. The first-order valence-corrected chi connectivity index (χ1v) is 9.44. The fourth-order valence-electron chi connectivity index (χ4n) is 2.06. The van der Waals surface area contributed by atoms with Crippen molar-refractivity contribution in [3.05, 3.63) is 45.7 Å². The molecule has 0 nitrogen and oxygen atoms in total. The van der Waals surface area contributed by atoms with Crippen LogP contribution in [-0.2, 0) is 0 Å². The summed E-state index contributed by atoms with van der Waals surface area (Å²) >= 11 is 1.89. The third-order valence-corrected chi connectivity index (χ3v) is 3.85. The van der Waals surface area contributed by atoms with Crippen LogP contribution in [0, 0.1) is 6.92 Å². The number of hydrogen-bond donors (Lipinski definition) is 0. The Balaban J connectivity index is 0.000000553. The van der Waals surface area contributed by atoms with Crippen LogP contribution in [-0.4, -0.2) is 0 Å². The summed E-state index contributed by atoms with van der Waals surface area (Å²) in [5, 5.41) is 4.13. The summed E-state index contributed by atoms with van der Waals surface area (Å²) < 4.78 is 1.42. The molecule has 0 radical (unpaired) electrons. The molecule has 122 valence electrons. The lowest BCUT2D eigenvalue weighted by Gasteiger charge is -1.92. The number of allylic oxidation sites excluding steroid dienone is 2. The van der Waals surface area contributed by atoms with Gasteiger partial charge in [-0.2, -0.15) is 0 Å². The molecular weight excluding hydrogens is 284 g/mol. The van der Waals surface area contributed by atoms with Crippen molar-refractivity contribution in [2.75, 3.05) is 0 Å². The predicted octanol–water partition coefficient (Wildman–Crippen LogP) is 6.20. The normalized spacial score (nSPS) is 11.0. The quantitative estimate of drug-likeness (QED) is 0.543. The minimum atomic E-state index is 1.04. The van der Waals surface area contributed by atoms with Crippen LogP contribution in [0.5, 0.6) is 0 Å². The Bertz CT molecular complexity index is 672. The fraction of sp³-hybridized carbons (Fsp3) is 0.429. The van der Waals surface area contributed by atoms with Gasteiger partial charge in [-0.05, 0) is 35.2 Å². The Morgan fingerprint density at radius 2 is 1.68 bits per heavy atom. The van der Waals surface area contributed by atoms with E-state index in [0.717, 1.165) is 6.42 Å². The van der Waals surface area contributed by atoms with Gasteiger partial charge in [0, 0.05) is 9.58 Å². The summed E-state index contributed by atoms with van der Waals surface area (Å²) in [6.45, 7) is 14.4. The van der Waals surface area contributed by atoms with E-state index < -0.39 is 0 Å². The molecule has 1 aromatic carbocycles. The van der Waals surface area contributed by atoms with Crippen LogP contribution in [0.15, 0.2) is 30.4 Å². The first-order valence-electron chi connectivity index (χ1n) is 8.62. The van der Waals surface area contributed by atoms with E-state index in [1.54, 1.807) is 0 Å². The van der Waals surface area contributed by atoms with Gasteiger partial charge in [-0.1, -0.05) is 84.4 Å². The van der Waals surface area contributed by atoms with Gasteiger partial charge in [-0.25, -0.2) is 0 Å². The van der Waals surface area contributed by atoms with Crippen LogP contribution in [0.3, 0.4) is 0 Å². The van der Waals surface area contributed by atoms with E-state index in [2.05, 4.69) is 63.3 Å². The first-order chi connectivity index (χ1) is 10.8. The summed E-state index contributed by atoms with van der Waals surface area (Å²) in [5.41, 5.74) is 0. The van der Waals surface area contributed by atoms with Gasteiger partial charge < -0.3 is 0 Å². The van der Waals surface area contributed by atoms with E-state index in [4.69, 9.17) is 0 Å². The van der Waals surface area contributed by atoms with Crippen molar-refractivity contribution in [3.8, 4) is 0 Å². The Morgan fingerprint density at radius 1 is 1.05 bits per heavy atom. The van der Waals surface area contributed by atoms with Crippen molar-refractivity contribution in [2.24, 2.45) is 0 Å². The second-order valence-electron chi connectivity index (χ2n) is 4.59. The smallest absolute Gasteiger partial charge is 0.0423 e. The number of rotatable bonds is 0. The number of hydrogen-bond acceptors (Lipinski definition) is 1. The molecule has 0 bridgehead atoms. The highest BCUT2D eigenvalue weighted by Gasteiger charge is 2.00.